The minimum absolute atomic E-state index is 0.941. The van der Waals surface area contributed by atoms with E-state index in [-0.39, 0.29) is 0 Å². The van der Waals surface area contributed by atoms with Crippen LogP contribution in [-0.4, -0.2) is 12.3 Å². The second-order valence-electron chi connectivity index (χ2n) is 3.74. The summed E-state index contributed by atoms with van der Waals surface area (Å²) in [6, 6.07) is 6.66. The zero-order chi connectivity index (χ0) is 11.8. The van der Waals surface area contributed by atoms with E-state index < -0.39 is 0 Å². The SMILES string of the molecule is CCCCSc1ccc(CNCC)c(Br)c1. The van der Waals surface area contributed by atoms with E-state index >= 15 is 0 Å². The van der Waals surface area contributed by atoms with Crippen LogP contribution in [0.1, 0.15) is 32.3 Å². The summed E-state index contributed by atoms with van der Waals surface area (Å²) in [5.74, 6) is 1.22. The Morgan fingerprint density at radius 1 is 1.31 bits per heavy atom. The monoisotopic (exact) mass is 301 g/mol. The summed E-state index contributed by atoms with van der Waals surface area (Å²) in [5.41, 5.74) is 1.33. The van der Waals surface area contributed by atoms with Crippen molar-refractivity contribution < 1.29 is 0 Å². The molecule has 0 aliphatic heterocycles. The largest absolute Gasteiger partial charge is 0.313 e. The Kier molecular flexibility index (Phi) is 7.17. The highest BCUT2D eigenvalue weighted by atomic mass is 79.9. The molecule has 1 rings (SSSR count). The molecule has 0 saturated heterocycles. The Labute approximate surface area is 112 Å². The molecule has 1 nitrogen and oxygen atoms in total. The number of thioether (sulfide) groups is 1. The molecule has 0 atom stereocenters. The summed E-state index contributed by atoms with van der Waals surface area (Å²) < 4.78 is 1.22. The molecule has 0 heterocycles. The second kappa shape index (κ2) is 8.15. The van der Waals surface area contributed by atoms with Crippen molar-refractivity contribution in [2.75, 3.05) is 12.3 Å². The van der Waals surface area contributed by atoms with E-state index in [1.54, 1.807) is 0 Å². The first-order valence-electron chi connectivity index (χ1n) is 5.89. The lowest BCUT2D eigenvalue weighted by atomic mass is 10.2. The van der Waals surface area contributed by atoms with Crippen LogP contribution in [0.15, 0.2) is 27.6 Å². The fourth-order valence-electron chi connectivity index (χ4n) is 1.36. The van der Waals surface area contributed by atoms with E-state index in [4.69, 9.17) is 0 Å². The minimum Gasteiger partial charge on any atom is -0.313 e. The second-order valence-corrected chi connectivity index (χ2v) is 5.76. The van der Waals surface area contributed by atoms with Gasteiger partial charge in [-0.2, -0.15) is 0 Å². The molecule has 0 bridgehead atoms. The van der Waals surface area contributed by atoms with E-state index in [2.05, 4.69) is 53.3 Å². The molecular weight excluding hydrogens is 282 g/mol. The van der Waals surface area contributed by atoms with Crippen molar-refractivity contribution in [2.45, 2.75) is 38.1 Å². The molecule has 0 aliphatic rings. The van der Waals surface area contributed by atoms with Crippen molar-refractivity contribution in [3.05, 3.63) is 28.2 Å². The summed E-state index contributed by atoms with van der Waals surface area (Å²) in [6.07, 6.45) is 2.56. The van der Waals surface area contributed by atoms with Gasteiger partial charge in [0, 0.05) is 15.9 Å². The maximum absolute atomic E-state index is 3.63. The lowest BCUT2D eigenvalue weighted by Gasteiger charge is -2.07. The highest BCUT2D eigenvalue weighted by Crippen LogP contribution is 2.26. The Balaban J connectivity index is 2.53. The summed E-state index contributed by atoms with van der Waals surface area (Å²) in [4.78, 5) is 1.36. The van der Waals surface area contributed by atoms with Gasteiger partial charge < -0.3 is 5.32 Å². The van der Waals surface area contributed by atoms with Crippen LogP contribution in [-0.2, 0) is 6.54 Å². The molecule has 90 valence electrons. The predicted molar refractivity (Wildman–Crippen MR) is 77.2 cm³/mol. The van der Waals surface area contributed by atoms with Gasteiger partial charge >= 0.3 is 0 Å². The molecule has 1 aromatic carbocycles. The van der Waals surface area contributed by atoms with Crippen molar-refractivity contribution in [3.63, 3.8) is 0 Å². The number of hydrogen-bond donors (Lipinski definition) is 1. The van der Waals surface area contributed by atoms with Gasteiger partial charge in [0.1, 0.15) is 0 Å². The molecule has 1 N–H and O–H groups in total. The third-order valence-electron chi connectivity index (χ3n) is 2.36. The van der Waals surface area contributed by atoms with Crippen LogP contribution in [0.3, 0.4) is 0 Å². The zero-order valence-corrected chi connectivity index (χ0v) is 12.5. The van der Waals surface area contributed by atoms with Crippen molar-refractivity contribution in [2.24, 2.45) is 0 Å². The minimum atomic E-state index is 0.941. The van der Waals surface area contributed by atoms with Gasteiger partial charge in [-0.25, -0.2) is 0 Å². The van der Waals surface area contributed by atoms with E-state index in [0.717, 1.165) is 13.1 Å². The standard InChI is InChI=1S/C13H20BrNS/c1-3-5-8-16-12-7-6-11(10-15-4-2)13(14)9-12/h6-7,9,15H,3-5,8,10H2,1-2H3. The van der Waals surface area contributed by atoms with Gasteiger partial charge in [-0.1, -0.05) is 42.3 Å². The third kappa shape index (κ3) is 4.89. The van der Waals surface area contributed by atoms with Crippen molar-refractivity contribution in [3.8, 4) is 0 Å². The molecule has 0 amide bonds. The summed E-state index contributed by atoms with van der Waals surface area (Å²) >= 11 is 5.57. The predicted octanol–water partition coefficient (Wildman–Crippen LogP) is 4.45. The van der Waals surface area contributed by atoms with Gasteiger partial charge in [-0.05, 0) is 36.4 Å². The number of benzene rings is 1. The van der Waals surface area contributed by atoms with Crippen molar-refractivity contribution in [1.82, 2.24) is 5.32 Å². The molecule has 3 heteroatoms. The molecule has 0 aromatic heterocycles. The van der Waals surface area contributed by atoms with Crippen LogP contribution in [0.2, 0.25) is 0 Å². The van der Waals surface area contributed by atoms with Crippen molar-refractivity contribution >= 4 is 27.7 Å². The van der Waals surface area contributed by atoms with Crippen LogP contribution < -0.4 is 5.32 Å². The fraction of sp³-hybridized carbons (Fsp3) is 0.538. The Bertz CT molecular complexity index is 315. The lowest BCUT2D eigenvalue weighted by Crippen LogP contribution is -2.11. The molecule has 0 fully saturated rings. The highest BCUT2D eigenvalue weighted by molar-refractivity contribution is 9.10. The normalized spacial score (nSPS) is 10.7. The quantitative estimate of drug-likeness (QED) is 0.590. The Morgan fingerprint density at radius 3 is 2.75 bits per heavy atom. The topological polar surface area (TPSA) is 12.0 Å². The maximum Gasteiger partial charge on any atom is 0.0231 e. The van der Waals surface area contributed by atoms with Gasteiger partial charge in [0.25, 0.3) is 0 Å². The number of rotatable bonds is 7. The van der Waals surface area contributed by atoms with Crippen molar-refractivity contribution in [1.29, 1.82) is 0 Å². The number of nitrogens with one attached hydrogen (secondary N) is 1. The van der Waals surface area contributed by atoms with Gasteiger partial charge in [0.05, 0.1) is 0 Å². The molecule has 0 unspecified atom stereocenters. The highest BCUT2D eigenvalue weighted by Gasteiger charge is 2.01. The molecule has 0 aliphatic carbocycles. The van der Waals surface area contributed by atoms with Gasteiger partial charge in [-0.3, -0.25) is 0 Å². The average molecular weight is 302 g/mol. The molecule has 16 heavy (non-hydrogen) atoms. The van der Waals surface area contributed by atoms with E-state index in [1.165, 1.54) is 33.5 Å². The van der Waals surface area contributed by atoms with E-state index in [0.29, 0.717) is 0 Å². The van der Waals surface area contributed by atoms with Gasteiger partial charge in [-0.15, -0.1) is 11.8 Å². The summed E-state index contributed by atoms with van der Waals surface area (Å²) in [5, 5.41) is 3.34. The van der Waals surface area contributed by atoms with E-state index in [1.807, 2.05) is 11.8 Å². The zero-order valence-electron chi connectivity index (χ0n) is 10.1. The van der Waals surface area contributed by atoms with E-state index in [9.17, 15) is 0 Å². The summed E-state index contributed by atoms with van der Waals surface area (Å²) in [7, 11) is 0. The van der Waals surface area contributed by atoms with Crippen LogP contribution >= 0.6 is 27.7 Å². The first kappa shape index (κ1) is 14.1. The summed E-state index contributed by atoms with van der Waals surface area (Å²) in [6.45, 7) is 6.31. The third-order valence-corrected chi connectivity index (χ3v) is 4.17. The van der Waals surface area contributed by atoms with Gasteiger partial charge in [0.15, 0.2) is 0 Å². The first-order chi connectivity index (χ1) is 7.77. The maximum atomic E-state index is 3.63. The average Bonchev–Trinajstić information content (AvgIpc) is 2.28. The number of unbranched alkanes of at least 4 members (excludes halogenated alkanes) is 1. The Hall–Kier alpha value is 0.01000. The van der Waals surface area contributed by atoms with Crippen LogP contribution in [0.25, 0.3) is 0 Å². The molecule has 1 aromatic rings. The van der Waals surface area contributed by atoms with Gasteiger partial charge in [0.2, 0.25) is 0 Å². The number of halogens is 1. The molecular formula is C13H20BrNS. The molecule has 0 saturated carbocycles. The first-order valence-corrected chi connectivity index (χ1v) is 7.67. The van der Waals surface area contributed by atoms with Crippen LogP contribution in [0, 0.1) is 0 Å². The lowest BCUT2D eigenvalue weighted by molar-refractivity contribution is 0.724. The van der Waals surface area contributed by atoms with Crippen LogP contribution in [0.5, 0.6) is 0 Å². The number of hydrogen-bond acceptors (Lipinski definition) is 2. The molecule has 0 spiro atoms. The smallest absolute Gasteiger partial charge is 0.0231 e. The molecule has 0 radical (unpaired) electrons. The van der Waals surface area contributed by atoms with Crippen LogP contribution in [0.4, 0.5) is 0 Å². The fourth-order valence-corrected chi connectivity index (χ4v) is 3.06. The Morgan fingerprint density at radius 2 is 2.12 bits per heavy atom.